The van der Waals surface area contributed by atoms with E-state index in [9.17, 15) is 33.6 Å². The molecule has 5 atom stereocenters. The molecule has 1 aliphatic carbocycles. The van der Waals surface area contributed by atoms with Gasteiger partial charge in [0.05, 0.1) is 16.3 Å². The number of hydrogen-bond donors (Lipinski definition) is 4. The number of amides is 6. The number of likely N-dealkylation sites (tertiary alicyclic amines) is 1. The summed E-state index contributed by atoms with van der Waals surface area (Å²) in [5, 5.41) is 10.5. The molecule has 53 heavy (non-hydrogen) atoms. The van der Waals surface area contributed by atoms with Crippen LogP contribution in [-0.2, 0) is 33.5 Å². The Hall–Kier alpha value is -3.53. The van der Waals surface area contributed by atoms with Gasteiger partial charge < -0.3 is 35.8 Å². The number of Topliss-reactive ketones (excluding diaryl/α,β-unsaturated/α-hetero) is 1. The number of ether oxygens (including phenoxy) is 1. The highest BCUT2D eigenvalue weighted by molar-refractivity contribution is 9.24. The van der Waals surface area contributed by atoms with Crippen LogP contribution >= 0.6 is 31.9 Å². The number of likely N-dealkylation sites (N-methyl/N-ethyl adjacent to an activating group) is 1. The summed E-state index contributed by atoms with van der Waals surface area (Å²) in [4.78, 5) is 96.5. The Kier molecular flexibility index (Phi) is 15.5. The van der Waals surface area contributed by atoms with E-state index in [0.717, 1.165) is 12.8 Å². The molecule has 16 heteroatoms. The number of carbonyl (C=O) groups is 7. The summed E-state index contributed by atoms with van der Waals surface area (Å²) in [5.74, 6) is -4.31. The molecule has 1 heterocycles. The smallest absolute Gasteiger partial charge is 0.408 e. The van der Waals surface area contributed by atoms with Crippen LogP contribution in [0.4, 0.5) is 4.79 Å². The zero-order valence-corrected chi connectivity index (χ0v) is 35.0. The van der Waals surface area contributed by atoms with Gasteiger partial charge in [0.1, 0.15) is 23.7 Å². The Morgan fingerprint density at radius 2 is 1.51 bits per heavy atom. The van der Waals surface area contributed by atoms with Crippen molar-refractivity contribution in [3.05, 3.63) is 35.9 Å². The van der Waals surface area contributed by atoms with Crippen LogP contribution in [0.1, 0.15) is 85.3 Å². The number of alkyl halides is 2. The largest absolute Gasteiger partial charge is 0.444 e. The molecule has 0 spiro atoms. The summed E-state index contributed by atoms with van der Waals surface area (Å²) >= 11 is 6.98. The minimum absolute atomic E-state index is 0.124. The number of ketones is 1. The first-order chi connectivity index (χ1) is 24.6. The summed E-state index contributed by atoms with van der Waals surface area (Å²) in [6.45, 7) is 10.2. The first-order valence-electron chi connectivity index (χ1n) is 17.8. The van der Waals surface area contributed by atoms with E-state index >= 15 is 0 Å². The van der Waals surface area contributed by atoms with Crippen molar-refractivity contribution in [3.63, 3.8) is 0 Å². The quantitative estimate of drug-likeness (QED) is 0.153. The number of rotatable bonds is 15. The van der Waals surface area contributed by atoms with E-state index in [1.54, 1.807) is 86.0 Å². The van der Waals surface area contributed by atoms with Gasteiger partial charge in [-0.3, -0.25) is 28.8 Å². The van der Waals surface area contributed by atoms with Crippen LogP contribution in [0, 0.1) is 17.3 Å². The third-order valence-corrected chi connectivity index (χ3v) is 9.74. The van der Waals surface area contributed by atoms with Crippen molar-refractivity contribution in [2.24, 2.45) is 17.3 Å². The maximum atomic E-state index is 14.2. The highest BCUT2D eigenvalue weighted by Crippen LogP contribution is 2.36. The third kappa shape index (κ3) is 13.4. The summed E-state index contributed by atoms with van der Waals surface area (Å²) in [6, 6.07) is 4.39. The van der Waals surface area contributed by atoms with Gasteiger partial charge in [-0.1, -0.05) is 95.8 Å². The fourth-order valence-corrected chi connectivity index (χ4v) is 7.12. The lowest BCUT2D eigenvalue weighted by molar-refractivity contribution is -0.145. The van der Waals surface area contributed by atoms with E-state index in [0.29, 0.717) is 18.4 Å². The number of nitrogens with zero attached hydrogens (tertiary/aromatic N) is 2. The second-order valence-corrected chi connectivity index (χ2v) is 19.5. The van der Waals surface area contributed by atoms with E-state index in [4.69, 9.17) is 4.74 Å². The summed E-state index contributed by atoms with van der Waals surface area (Å²) in [6.07, 6.45) is 2.07. The van der Waals surface area contributed by atoms with Gasteiger partial charge in [-0.25, -0.2) is 4.79 Å². The van der Waals surface area contributed by atoms with Crippen molar-refractivity contribution in [1.29, 1.82) is 0 Å². The maximum absolute atomic E-state index is 14.2. The average molecular weight is 871 g/mol. The van der Waals surface area contributed by atoms with Gasteiger partial charge >= 0.3 is 6.09 Å². The second-order valence-electron chi connectivity index (χ2n) is 16.0. The van der Waals surface area contributed by atoms with Gasteiger partial charge in [0.15, 0.2) is 0 Å². The Balaban J connectivity index is 1.77. The van der Waals surface area contributed by atoms with Crippen molar-refractivity contribution >= 4 is 73.3 Å². The van der Waals surface area contributed by atoms with Crippen LogP contribution < -0.4 is 21.3 Å². The van der Waals surface area contributed by atoms with Crippen LogP contribution in [-0.4, -0.2) is 106 Å². The van der Waals surface area contributed by atoms with Crippen LogP contribution in [0.3, 0.4) is 0 Å². The lowest BCUT2D eigenvalue weighted by Crippen LogP contribution is -2.60. The molecule has 1 saturated heterocycles. The SMILES string of the molecule is CN(C)C(=O)[C@@H](NC(=O)CNC(=O)C(=O)C(CC1CC1)NC(=O)[C@@H]1[C@@H](CC(Br)Br)CCN1C(=O)C(NC(=O)OC(C)(C)C)C(C)(C)C)c1ccccc1. The molecule has 1 aliphatic heterocycles. The number of nitrogens with one attached hydrogen (secondary N) is 4. The molecule has 1 aromatic rings. The van der Waals surface area contributed by atoms with Gasteiger partial charge in [-0.2, -0.15) is 0 Å². The summed E-state index contributed by atoms with van der Waals surface area (Å²) < 4.78 is 5.26. The Bertz CT molecular complexity index is 1510. The molecule has 2 unspecified atom stereocenters. The van der Waals surface area contributed by atoms with Gasteiger partial charge in [0, 0.05) is 20.6 Å². The van der Waals surface area contributed by atoms with E-state index < -0.39 is 77.2 Å². The first-order valence-corrected chi connectivity index (χ1v) is 19.7. The molecule has 0 radical (unpaired) electrons. The van der Waals surface area contributed by atoms with Crippen molar-refractivity contribution in [2.45, 2.75) is 107 Å². The zero-order chi connectivity index (χ0) is 39.8. The Labute approximate surface area is 328 Å². The fraction of sp³-hybridized carbons (Fsp3) is 0.649. The number of halogens is 2. The molecule has 2 aliphatic rings. The van der Waals surface area contributed by atoms with Crippen LogP contribution in [0.2, 0.25) is 0 Å². The maximum Gasteiger partial charge on any atom is 0.408 e. The van der Waals surface area contributed by atoms with Gasteiger partial charge in [-0.15, -0.1) is 0 Å². The minimum Gasteiger partial charge on any atom is -0.444 e. The molecule has 3 rings (SSSR count). The van der Waals surface area contributed by atoms with Crippen LogP contribution in [0.25, 0.3) is 0 Å². The predicted molar refractivity (Wildman–Crippen MR) is 206 cm³/mol. The van der Waals surface area contributed by atoms with E-state index in [1.165, 1.54) is 9.80 Å². The molecule has 294 valence electrons. The fourth-order valence-electron chi connectivity index (χ4n) is 6.16. The number of alkyl carbamates (subject to hydrolysis) is 1. The monoisotopic (exact) mass is 868 g/mol. The topological polar surface area (TPSA) is 183 Å². The molecule has 4 N–H and O–H groups in total. The summed E-state index contributed by atoms with van der Waals surface area (Å²) in [7, 11) is 3.12. The van der Waals surface area contributed by atoms with E-state index in [2.05, 4.69) is 53.1 Å². The number of carbonyl (C=O) groups excluding carboxylic acids is 7. The van der Waals surface area contributed by atoms with Gasteiger partial charge in [0.2, 0.25) is 29.4 Å². The molecule has 14 nitrogen and oxygen atoms in total. The van der Waals surface area contributed by atoms with Crippen molar-refractivity contribution in [1.82, 2.24) is 31.1 Å². The minimum atomic E-state index is -1.20. The highest BCUT2D eigenvalue weighted by atomic mass is 79.9. The molecule has 6 amide bonds. The van der Waals surface area contributed by atoms with Crippen molar-refractivity contribution in [2.75, 3.05) is 27.2 Å². The molecule has 0 aromatic heterocycles. The lowest BCUT2D eigenvalue weighted by Gasteiger charge is -2.37. The third-order valence-electron chi connectivity index (χ3n) is 8.99. The Morgan fingerprint density at radius 1 is 0.887 bits per heavy atom. The molecule has 1 saturated carbocycles. The molecular weight excluding hydrogens is 816 g/mol. The average Bonchev–Trinajstić information content (AvgIpc) is 3.78. The molecule has 2 fully saturated rings. The molecule has 0 bridgehead atoms. The van der Waals surface area contributed by atoms with Crippen molar-refractivity contribution < 1.29 is 38.3 Å². The predicted octanol–water partition coefficient (Wildman–Crippen LogP) is 3.56. The number of benzene rings is 1. The van der Waals surface area contributed by atoms with E-state index in [1.807, 2.05) is 0 Å². The molecule has 1 aromatic carbocycles. The van der Waals surface area contributed by atoms with Gasteiger partial charge in [-0.05, 0) is 62.8 Å². The number of hydrogen-bond acceptors (Lipinski definition) is 8. The van der Waals surface area contributed by atoms with Crippen molar-refractivity contribution in [3.8, 4) is 0 Å². The Morgan fingerprint density at radius 3 is 2.04 bits per heavy atom. The first kappa shape index (κ1) is 43.9. The second kappa shape index (κ2) is 18.7. The van der Waals surface area contributed by atoms with Crippen LogP contribution in [0.15, 0.2) is 30.3 Å². The lowest BCUT2D eigenvalue weighted by atomic mass is 9.85. The summed E-state index contributed by atoms with van der Waals surface area (Å²) in [5.41, 5.74) is -1.00. The zero-order valence-electron chi connectivity index (χ0n) is 31.8. The van der Waals surface area contributed by atoms with E-state index in [-0.39, 0.29) is 34.4 Å². The standard InChI is InChI=1S/C37H54Br2N6O8/c1-36(2,3)30(43-35(52)53-37(4,5)6)34(51)45-17-16-23(19-25(38)39)28(45)31(48)41-24(18-21-14-15-21)29(47)32(49)40-20-26(46)42-27(33(50)44(7)8)22-12-10-9-11-13-22/h9-13,21,23-25,27-28,30H,14-20H2,1-8H3,(H,40,49)(H,41,48)(H,42,46)(H,43,52)/t23-,24?,27+,28+,30?/m1/s1. The van der Waals surface area contributed by atoms with Crippen LogP contribution in [0.5, 0.6) is 0 Å². The van der Waals surface area contributed by atoms with Gasteiger partial charge in [0.25, 0.3) is 5.91 Å². The highest BCUT2D eigenvalue weighted by Gasteiger charge is 2.48. The molecular formula is C37H54Br2N6O8. The normalized spacial score (nSPS) is 19.0.